The lowest BCUT2D eigenvalue weighted by Crippen LogP contribution is -2.50. The lowest BCUT2D eigenvalue weighted by molar-refractivity contribution is -0.143. The average Bonchev–Trinajstić information content (AvgIpc) is 2.87. The molecule has 0 saturated heterocycles. The van der Waals surface area contributed by atoms with Crippen LogP contribution in [0.15, 0.2) is 65.1 Å². The Hall–Kier alpha value is -3.06. The van der Waals surface area contributed by atoms with Gasteiger partial charge in [0.05, 0.1) is 11.6 Å². The van der Waals surface area contributed by atoms with Crippen LogP contribution in [0.1, 0.15) is 32.3 Å². The normalized spacial score (nSPS) is 11.6. The average molecular weight is 527 g/mol. The summed E-state index contributed by atoms with van der Waals surface area (Å²) >= 11 is 3.61. The highest BCUT2D eigenvalue weighted by molar-refractivity contribution is 9.10. The monoisotopic (exact) mass is 526 g/mol. The minimum Gasteiger partial charge on any atom is -0.497 e. The van der Waals surface area contributed by atoms with Crippen molar-refractivity contribution in [1.29, 1.82) is 0 Å². The van der Waals surface area contributed by atoms with Gasteiger partial charge < -0.3 is 19.7 Å². The second kappa shape index (κ2) is 12.4. The van der Waals surface area contributed by atoms with Crippen LogP contribution in [-0.4, -0.2) is 43.0 Å². The lowest BCUT2D eigenvalue weighted by Gasteiger charge is -2.30. The summed E-state index contributed by atoms with van der Waals surface area (Å²) in [5.74, 6) is 0.857. The molecular formula is C27H31BrN2O4. The number of methoxy groups -OCH3 is 1. The molecule has 3 aromatic rings. The van der Waals surface area contributed by atoms with Crippen LogP contribution in [0.5, 0.6) is 11.5 Å². The highest BCUT2D eigenvalue weighted by Gasteiger charge is 2.29. The molecule has 0 aliphatic rings. The number of rotatable bonds is 11. The van der Waals surface area contributed by atoms with E-state index in [-0.39, 0.29) is 25.0 Å². The van der Waals surface area contributed by atoms with Gasteiger partial charge in [-0.3, -0.25) is 9.59 Å². The molecule has 1 atom stereocenters. The summed E-state index contributed by atoms with van der Waals surface area (Å²) in [6.45, 7) is 4.56. The molecule has 0 unspecified atom stereocenters. The first-order valence-electron chi connectivity index (χ1n) is 11.5. The van der Waals surface area contributed by atoms with Gasteiger partial charge in [0.2, 0.25) is 5.91 Å². The van der Waals surface area contributed by atoms with Crippen molar-refractivity contribution in [3.8, 4) is 11.5 Å². The molecule has 34 heavy (non-hydrogen) atoms. The molecular weight excluding hydrogens is 496 g/mol. The summed E-state index contributed by atoms with van der Waals surface area (Å²) in [4.78, 5) is 27.9. The molecule has 0 aliphatic carbocycles. The highest BCUT2D eigenvalue weighted by Crippen LogP contribution is 2.33. The zero-order chi connectivity index (χ0) is 24.5. The number of hydrogen-bond acceptors (Lipinski definition) is 4. The van der Waals surface area contributed by atoms with E-state index in [1.165, 1.54) is 0 Å². The van der Waals surface area contributed by atoms with Crippen molar-refractivity contribution < 1.29 is 19.1 Å². The fourth-order valence-corrected chi connectivity index (χ4v) is 4.41. The summed E-state index contributed by atoms with van der Waals surface area (Å²) in [6.07, 6.45) is 1.32. The molecule has 2 amide bonds. The third-order valence-corrected chi connectivity index (χ3v) is 6.42. The van der Waals surface area contributed by atoms with Crippen molar-refractivity contribution >= 4 is 38.5 Å². The van der Waals surface area contributed by atoms with Gasteiger partial charge in [0.1, 0.15) is 17.5 Å². The fourth-order valence-electron chi connectivity index (χ4n) is 3.80. The lowest BCUT2D eigenvalue weighted by atomic mass is 10.1. The molecule has 3 rings (SSSR count). The SMILES string of the molecule is CCCNC(=O)[C@H](CC)N(Cc1cccc(OC)c1)C(=O)COc1ccc2ccccc2c1Br. The van der Waals surface area contributed by atoms with E-state index in [4.69, 9.17) is 9.47 Å². The first kappa shape index (κ1) is 25.6. The Bertz CT molecular complexity index is 1130. The van der Waals surface area contributed by atoms with Crippen molar-refractivity contribution in [2.45, 2.75) is 39.3 Å². The van der Waals surface area contributed by atoms with Crippen LogP contribution in [0.25, 0.3) is 10.8 Å². The third-order valence-electron chi connectivity index (χ3n) is 5.60. The molecule has 0 spiro atoms. The number of nitrogens with one attached hydrogen (secondary N) is 1. The van der Waals surface area contributed by atoms with Crippen LogP contribution >= 0.6 is 15.9 Å². The number of amides is 2. The Morgan fingerprint density at radius 3 is 2.59 bits per heavy atom. The summed E-state index contributed by atoms with van der Waals surface area (Å²) < 4.78 is 12.1. The summed E-state index contributed by atoms with van der Waals surface area (Å²) in [5.41, 5.74) is 0.876. The van der Waals surface area contributed by atoms with Crippen molar-refractivity contribution in [2.24, 2.45) is 0 Å². The van der Waals surface area contributed by atoms with Gasteiger partial charge in [-0.2, -0.15) is 0 Å². The maximum absolute atomic E-state index is 13.4. The van der Waals surface area contributed by atoms with E-state index in [0.29, 0.717) is 24.5 Å². The first-order chi connectivity index (χ1) is 16.5. The van der Waals surface area contributed by atoms with Gasteiger partial charge in [-0.25, -0.2) is 0 Å². The maximum Gasteiger partial charge on any atom is 0.261 e. The quantitative estimate of drug-likeness (QED) is 0.367. The maximum atomic E-state index is 13.4. The van der Waals surface area contributed by atoms with Crippen LogP contribution in [0, 0.1) is 0 Å². The van der Waals surface area contributed by atoms with E-state index in [2.05, 4.69) is 21.2 Å². The highest BCUT2D eigenvalue weighted by atomic mass is 79.9. The number of carbonyl (C=O) groups excluding carboxylic acids is 2. The molecule has 0 fully saturated rings. The molecule has 7 heteroatoms. The Kier molecular flexibility index (Phi) is 9.33. The van der Waals surface area contributed by atoms with E-state index in [1.54, 1.807) is 12.0 Å². The molecule has 1 N–H and O–H groups in total. The standard InChI is InChI=1S/C27H31BrN2O4/c1-4-15-29-27(32)23(5-2)30(17-19-9-8-11-21(16-19)33-3)25(31)18-34-24-14-13-20-10-6-7-12-22(20)26(24)28/h6-14,16,23H,4-5,15,17-18H2,1-3H3,(H,29,32)/t23-/m0/s1. The van der Waals surface area contributed by atoms with E-state index in [0.717, 1.165) is 27.2 Å². The molecule has 0 heterocycles. The molecule has 180 valence electrons. The van der Waals surface area contributed by atoms with Crippen LogP contribution < -0.4 is 14.8 Å². The van der Waals surface area contributed by atoms with Crippen molar-refractivity contribution in [1.82, 2.24) is 10.2 Å². The van der Waals surface area contributed by atoms with Crippen LogP contribution in [0.2, 0.25) is 0 Å². The Morgan fingerprint density at radius 1 is 1.06 bits per heavy atom. The molecule has 0 aliphatic heterocycles. The number of fused-ring (bicyclic) bond motifs is 1. The van der Waals surface area contributed by atoms with Gasteiger partial charge >= 0.3 is 0 Å². The number of carbonyl (C=O) groups is 2. The smallest absolute Gasteiger partial charge is 0.261 e. The van der Waals surface area contributed by atoms with Crippen LogP contribution in [0.4, 0.5) is 0 Å². The summed E-state index contributed by atoms with van der Waals surface area (Å²) in [6, 6.07) is 18.7. The first-order valence-corrected chi connectivity index (χ1v) is 12.3. The zero-order valence-corrected chi connectivity index (χ0v) is 21.4. The van der Waals surface area contributed by atoms with Gasteiger partial charge in [-0.15, -0.1) is 0 Å². The molecule has 0 radical (unpaired) electrons. The van der Waals surface area contributed by atoms with Gasteiger partial charge in [0, 0.05) is 13.1 Å². The second-order valence-corrected chi connectivity index (χ2v) is 8.77. The molecule has 0 aromatic heterocycles. The number of halogens is 1. The zero-order valence-electron chi connectivity index (χ0n) is 19.8. The van der Waals surface area contributed by atoms with Crippen LogP contribution in [-0.2, 0) is 16.1 Å². The Balaban J connectivity index is 1.83. The number of hydrogen-bond donors (Lipinski definition) is 1. The minimum absolute atomic E-state index is 0.160. The topological polar surface area (TPSA) is 67.9 Å². The summed E-state index contributed by atoms with van der Waals surface area (Å²) in [5, 5.41) is 5.01. The van der Waals surface area contributed by atoms with E-state index in [1.807, 2.05) is 74.5 Å². The van der Waals surface area contributed by atoms with Gasteiger partial charge in [0.25, 0.3) is 5.91 Å². The van der Waals surface area contributed by atoms with Crippen molar-refractivity contribution in [3.05, 3.63) is 70.7 Å². The Labute approximate surface area is 209 Å². The number of ether oxygens (including phenoxy) is 2. The predicted octanol–water partition coefficient (Wildman–Crippen LogP) is 5.32. The third kappa shape index (κ3) is 6.29. The Morgan fingerprint density at radius 2 is 1.85 bits per heavy atom. The van der Waals surface area contributed by atoms with Gasteiger partial charge in [0.15, 0.2) is 6.61 Å². The van der Waals surface area contributed by atoms with E-state index in [9.17, 15) is 9.59 Å². The molecule has 0 saturated carbocycles. The largest absolute Gasteiger partial charge is 0.497 e. The molecule has 6 nitrogen and oxygen atoms in total. The van der Waals surface area contributed by atoms with Gasteiger partial charge in [-0.05, 0) is 63.3 Å². The van der Waals surface area contributed by atoms with E-state index < -0.39 is 6.04 Å². The minimum atomic E-state index is -0.603. The summed E-state index contributed by atoms with van der Waals surface area (Å²) in [7, 11) is 1.60. The van der Waals surface area contributed by atoms with Gasteiger partial charge in [-0.1, -0.05) is 56.3 Å². The predicted molar refractivity (Wildman–Crippen MR) is 138 cm³/mol. The fraction of sp³-hybridized carbons (Fsp3) is 0.333. The number of benzene rings is 3. The van der Waals surface area contributed by atoms with Crippen LogP contribution in [0.3, 0.4) is 0 Å². The number of nitrogens with zero attached hydrogens (tertiary/aromatic N) is 1. The van der Waals surface area contributed by atoms with Crippen molar-refractivity contribution in [3.63, 3.8) is 0 Å². The van der Waals surface area contributed by atoms with Crippen molar-refractivity contribution in [2.75, 3.05) is 20.3 Å². The second-order valence-electron chi connectivity index (χ2n) is 7.98. The van der Waals surface area contributed by atoms with E-state index >= 15 is 0 Å². The molecule has 3 aromatic carbocycles. The molecule has 0 bridgehead atoms.